The second-order valence-electron chi connectivity index (χ2n) is 5.45. The number of nitro benzene ring substituents is 1. The Hall–Kier alpha value is -3.33. The van der Waals surface area contributed by atoms with Crippen LogP contribution < -0.4 is 5.32 Å². The predicted molar refractivity (Wildman–Crippen MR) is 92.9 cm³/mol. The van der Waals surface area contributed by atoms with Gasteiger partial charge in [-0.15, -0.1) is 0 Å². The van der Waals surface area contributed by atoms with Crippen molar-refractivity contribution in [3.05, 3.63) is 70.4 Å². The lowest BCUT2D eigenvalue weighted by atomic mass is 10.1. The molecule has 0 bridgehead atoms. The number of hydrogen-bond acceptors (Lipinski definition) is 4. The highest BCUT2D eigenvalue weighted by Gasteiger charge is 2.10. The van der Waals surface area contributed by atoms with Crippen molar-refractivity contribution in [3.8, 4) is 6.07 Å². The topological polar surface area (TPSA) is 83.9 Å². The third-order valence-electron chi connectivity index (χ3n) is 3.91. The normalized spacial score (nSPS) is 10.5. The van der Waals surface area contributed by atoms with E-state index in [4.69, 9.17) is 5.26 Å². The number of nitrogens with zero attached hydrogens (tertiary/aromatic N) is 3. The molecule has 1 heterocycles. The molecule has 120 valence electrons. The molecule has 0 saturated heterocycles. The average Bonchev–Trinajstić information content (AvgIpc) is 3.02. The molecular weight excluding hydrogens is 304 g/mol. The maximum absolute atomic E-state index is 10.8. The second-order valence-corrected chi connectivity index (χ2v) is 5.45. The fourth-order valence-electron chi connectivity index (χ4n) is 2.70. The number of aromatic nitrogens is 1. The molecule has 0 saturated carbocycles. The van der Waals surface area contributed by atoms with E-state index in [2.05, 4.69) is 34.3 Å². The van der Waals surface area contributed by atoms with E-state index in [0.717, 1.165) is 13.0 Å². The summed E-state index contributed by atoms with van der Waals surface area (Å²) in [6.07, 6.45) is 2.94. The minimum Gasteiger partial charge on any atom is -0.384 e. The van der Waals surface area contributed by atoms with Gasteiger partial charge in [-0.05, 0) is 30.0 Å². The molecule has 2 aromatic carbocycles. The van der Waals surface area contributed by atoms with E-state index in [-0.39, 0.29) is 11.3 Å². The molecule has 1 N–H and O–H groups in total. The lowest BCUT2D eigenvalue weighted by molar-refractivity contribution is -0.384. The van der Waals surface area contributed by atoms with Gasteiger partial charge in [-0.1, -0.05) is 18.2 Å². The lowest BCUT2D eigenvalue weighted by Crippen LogP contribution is -2.07. The standard InChI is InChI=1S/C18H16N4O2/c19-13-15-12-16(22(23)24)6-7-17(15)20-9-3-10-21-11-8-14-4-1-2-5-18(14)21/h1-2,4-8,11-12,20H,3,9-10H2. The van der Waals surface area contributed by atoms with Crippen molar-refractivity contribution in [2.75, 3.05) is 11.9 Å². The summed E-state index contributed by atoms with van der Waals surface area (Å²) in [4.78, 5) is 10.3. The van der Waals surface area contributed by atoms with Crippen LogP contribution in [0.2, 0.25) is 0 Å². The molecule has 6 heteroatoms. The van der Waals surface area contributed by atoms with Gasteiger partial charge in [-0.25, -0.2) is 0 Å². The number of anilines is 1. The Morgan fingerprint density at radius 2 is 2.04 bits per heavy atom. The van der Waals surface area contributed by atoms with Crippen LogP contribution in [0.25, 0.3) is 10.9 Å². The third kappa shape index (κ3) is 3.20. The molecule has 0 spiro atoms. The molecule has 3 rings (SSSR count). The van der Waals surface area contributed by atoms with Crippen LogP contribution in [-0.4, -0.2) is 16.0 Å². The maximum atomic E-state index is 10.8. The van der Waals surface area contributed by atoms with E-state index in [0.29, 0.717) is 12.2 Å². The van der Waals surface area contributed by atoms with Crippen LogP contribution >= 0.6 is 0 Å². The number of fused-ring (bicyclic) bond motifs is 1. The number of hydrogen-bond donors (Lipinski definition) is 1. The van der Waals surface area contributed by atoms with Gasteiger partial charge >= 0.3 is 0 Å². The fourth-order valence-corrected chi connectivity index (χ4v) is 2.70. The highest BCUT2D eigenvalue weighted by atomic mass is 16.6. The minimum absolute atomic E-state index is 0.0732. The number of rotatable bonds is 6. The van der Waals surface area contributed by atoms with Gasteiger partial charge < -0.3 is 9.88 Å². The zero-order valence-electron chi connectivity index (χ0n) is 13.0. The number of nitriles is 1. The smallest absolute Gasteiger partial charge is 0.270 e. The van der Waals surface area contributed by atoms with Gasteiger partial charge in [0.05, 0.1) is 16.2 Å². The molecule has 0 fully saturated rings. The Morgan fingerprint density at radius 3 is 2.83 bits per heavy atom. The van der Waals surface area contributed by atoms with Gasteiger partial charge in [0, 0.05) is 36.9 Å². The summed E-state index contributed by atoms with van der Waals surface area (Å²) in [6.45, 7) is 1.54. The van der Waals surface area contributed by atoms with Crippen molar-refractivity contribution < 1.29 is 4.92 Å². The first-order valence-corrected chi connectivity index (χ1v) is 7.65. The summed E-state index contributed by atoms with van der Waals surface area (Å²) in [5.41, 5.74) is 2.04. The van der Waals surface area contributed by atoms with Crippen LogP contribution in [0.3, 0.4) is 0 Å². The molecule has 0 aliphatic rings. The summed E-state index contributed by atoms with van der Waals surface area (Å²) in [6, 6.07) is 16.6. The van der Waals surface area contributed by atoms with Crippen molar-refractivity contribution in [2.24, 2.45) is 0 Å². The highest BCUT2D eigenvalue weighted by Crippen LogP contribution is 2.21. The largest absolute Gasteiger partial charge is 0.384 e. The quantitative estimate of drug-likeness (QED) is 0.424. The van der Waals surface area contributed by atoms with Crippen molar-refractivity contribution >= 4 is 22.3 Å². The average molecular weight is 320 g/mol. The second kappa shape index (κ2) is 6.84. The first kappa shape index (κ1) is 15.6. The Labute approximate surface area is 139 Å². The first-order chi connectivity index (χ1) is 11.7. The summed E-state index contributed by atoms with van der Waals surface area (Å²) in [5, 5.41) is 24.3. The molecule has 0 radical (unpaired) electrons. The third-order valence-corrected chi connectivity index (χ3v) is 3.91. The summed E-state index contributed by atoms with van der Waals surface area (Å²) in [7, 11) is 0. The Morgan fingerprint density at radius 1 is 1.21 bits per heavy atom. The molecule has 24 heavy (non-hydrogen) atoms. The van der Waals surface area contributed by atoms with Gasteiger partial charge in [0.2, 0.25) is 0 Å². The fraction of sp³-hybridized carbons (Fsp3) is 0.167. The van der Waals surface area contributed by atoms with Crippen molar-refractivity contribution in [2.45, 2.75) is 13.0 Å². The molecule has 0 amide bonds. The van der Waals surface area contributed by atoms with Gasteiger partial charge in [-0.2, -0.15) is 5.26 Å². The van der Waals surface area contributed by atoms with Gasteiger partial charge in [0.1, 0.15) is 6.07 Å². The molecule has 0 atom stereocenters. The van der Waals surface area contributed by atoms with Crippen LogP contribution in [0.1, 0.15) is 12.0 Å². The monoisotopic (exact) mass is 320 g/mol. The number of nitro groups is 1. The van der Waals surface area contributed by atoms with Crippen LogP contribution in [0.15, 0.2) is 54.7 Å². The van der Waals surface area contributed by atoms with E-state index in [1.807, 2.05) is 18.2 Å². The van der Waals surface area contributed by atoms with E-state index in [1.165, 1.54) is 23.0 Å². The zero-order valence-corrected chi connectivity index (χ0v) is 13.0. The van der Waals surface area contributed by atoms with Crippen LogP contribution in [0, 0.1) is 21.4 Å². The van der Waals surface area contributed by atoms with E-state index >= 15 is 0 Å². The maximum Gasteiger partial charge on any atom is 0.270 e. The van der Waals surface area contributed by atoms with Gasteiger partial charge in [0.25, 0.3) is 5.69 Å². The zero-order chi connectivity index (χ0) is 16.9. The Balaban J connectivity index is 1.61. The molecule has 0 aliphatic carbocycles. The number of non-ortho nitro benzene ring substituents is 1. The molecule has 0 unspecified atom stereocenters. The van der Waals surface area contributed by atoms with Crippen molar-refractivity contribution in [3.63, 3.8) is 0 Å². The van der Waals surface area contributed by atoms with Crippen molar-refractivity contribution in [1.29, 1.82) is 5.26 Å². The SMILES string of the molecule is N#Cc1cc([N+](=O)[O-])ccc1NCCCn1ccc2ccccc21. The van der Waals surface area contributed by atoms with E-state index in [9.17, 15) is 10.1 Å². The molecule has 6 nitrogen and oxygen atoms in total. The molecular formula is C18H16N4O2. The number of benzene rings is 2. The summed E-state index contributed by atoms with van der Waals surface area (Å²) < 4.78 is 2.19. The van der Waals surface area contributed by atoms with Crippen LogP contribution in [0.4, 0.5) is 11.4 Å². The summed E-state index contributed by atoms with van der Waals surface area (Å²) in [5.74, 6) is 0. The predicted octanol–water partition coefficient (Wildman–Crippen LogP) is 3.92. The number of para-hydroxylation sites is 1. The van der Waals surface area contributed by atoms with Crippen molar-refractivity contribution in [1.82, 2.24) is 4.57 Å². The summed E-state index contributed by atoms with van der Waals surface area (Å²) >= 11 is 0. The van der Waals surface area contributed by atoms with Crippen LogP contribution in [-0.2, 0) is 6.54 Å². The number of aryl methyl sites for hydroxylation is 1. The molecule has 1 aromatic heterocycles. The van der Waals surface area contributed by atoms with Gasteiger partial charge in [-0.3, -0.25) is 10.1 Å². The van der Waals surface area contributed by atoms with E-state index < -0.39 is 4.92 Å². The van der Waals surface area contributed by atoms with Crippen LogP contribution in [0.5, 0.6) is 0 Å². The Bertz CT molecular complexity index is 924. The Kier molecular flexibility index (Phi) is 4.43. The molecule has 3 aromatic rings. The minimum atomic E-state index is -0.498. The van der Waals surface area contributed by atoms with Gasteiger partial charge in [0.15, 0.2) is 0 Å². The van der Waals surface area contributed by atoms with E-state index in [1.54, 1.807) is 6.07 Å². The first-order valence-electron chi connectivity index (χ1n) is 7.65. The number of nitrogens with one attached hydrogen (secondary N) is 1. The lowest BCUT2D eigenvalue weighted by Gasteiger charge is -2.09. The highest BCUT2D eigenvalue weighted by molar-refractivity contribution is 5.79. The molecule has 0 aliphatic heterocycles.